The van der Waals surface area contributed by atoms with Gasteiger partial charge in [0, 0.05) is 22.4 Å². The number of nitrogens with one attached hydrogen (secondary N) is 1. The van der Waals surface area contributed by atoms with Crippen LogP contribution in [0.1, 0.15) is 9.75 Å². The Kier molecular flexibility index (Phi) is 4.57. The Labute approximate surface area is 119 Å². The Balaban J connectivity index is 2.01. The molecule has 0 amide bonds. The summed E-state index contributed by atoms with van der Waals surface area (Å²) in [6.07, 6.45) is 0.0323. The highest BCUT2D eigenvalue weighted by atomic mass is 32.1. The molecule has 1 aromatic heterocycles. The lowest BCUT2D eigenvalue weighted by atomic mass is 10.2. The van der Waals surface area contributed by atoms with Crippen molar-refractivity contribution in [2.45, 2.75) is 13.0 Å². The number of rotatable bonds is 6. The molecule has 1 heterocycles. The van der Waals surface area contributed by atoms with Gasteiger partial charge in [-0.3, -0.25) is 4.79 Å². The number of hydrogen-bond acceptors (Lipinski definition) is 4. The van der Waals surface area contributed by atoms with Crippen LogP contribution in [-0.4, -0.2) is 18.2 Å². The van der Waals surface area contributed by atoms with E-state index in [9.17, 15) is 9.18 Å². The average Bonchev–Trinajstić information content (AvgIpc) is 2.84. The van der Waals surface area contributed by atoms with E-state index in [0.29, 0.717) is 18.0 Å². The second-order valence-corrected chi connectivity index (χ2v) is 5.39. The molecule has 2 aromatic rings. The minimum Gasteiger partial charge on any atom is -0.494 e. The van der Waals surface area contributed by atoms with E-state index in [2.05, 4.69) is 5.32 Å². The number of carboxylic acid groups (broad SMARTS) is 1. The van der Waals surface area contributed by atoms with Crippen LogP contribution in [0.2, 0.25) is 0 Å². The smallest absolute Gasteiger partial charge is 0.308 e. The minimum absolute atomic E-state index is 0.0323. The van der Waals surface area contributed by atoms with E-state index >= 15 is 0 Å². The van der Waals surface area contributed by atoms with Crippen molar-refractivity contribution in [2.24, 2.45) is 0 Å². The van der Waals surface area contributed by atoms with E-state index in [1.807, 2.05) is 6.07 Å². The molecule has 2 rings (SSSR count). The van der Waals surface area contributed by atoms with Crippen molar-refractivity contribution >= 4 is 23.0 Å². The number of aliphatic carboxylic acids is 1. The predicted octanol–water partition coefficient (Wildman–Crippen LogP) is 3.14. The third-order valence-electron chi connectivity index (χ3n) is 2.66. The molecule has 0 saturated carbocycles. The van der Waals surface area contributed by atoms with Gasteiger partial charge in [-0.15, -0.1) is 11.3 Å². The molecule has 0 aliphatic heterocycles. The number of benzene rings is 1. The van der Waals surface area contributed by atoms with E-state index in [0.717, 1.165) is 9.75 Å². The molecule has 0 spiro atoms. The summed E-state index contributed by atoms with van der Waals surface area (Å²) in [6.45, 7) is 0.534. The molecule has 0 aliphatic carbocycles. The third-order valence-corrected chi connectivity index (χ3v) is 3.74. The molecule has 2 N–H and O–H groups in total. The van der Waals surface area contributed by atoms with Crippen molar-refractivity contribution in [2.75, 3.05) is 12.4 Å². The van der Waals surface area contributed by atoms with Gasteiger partial charge in [-0.2, -0.15) is 0 Å². The van der Waals surface area contributed by atoms with Gasteiger partial charge in [-0.05, 0) is 24.3 Å². The Morgan fingerprint density at radius 2 is 2.10 bits per heavy atom. The van der Waals surface area contributed by atoms with Crippen molar-refractivity contribution in [1.82, 2.24) is 0 Å². The third kappa shape index (κ3) is 3.71. The second-order valence-electron chi connectivity index (χ2n) is 4.14. The Hall–Kier alpha value is -2.08. The molecule has 0 radical (unpaired) electrons. The Morgan fingerprint density at radius 3 is 2.80 bits per heavy atom. The lowest BCUT2D eigenvalue weighted by molar-refractivity contribution is -0.136. The first-order chi connectivity index (χ1) is 9.58. The summed E-state index contributed by atoms with van der Waals surface area (Å²) in [5.74, 6) is -0.758. The summed E-state index contributed by atoms with van der Waals surface area (Å²) in [6, 6.07) is 7.96. The summed E-state index contributed by atoms with van der Waals surface area (Å²) < 4.78 is 18.2. The highest BCUT2D eigenvalue weighted by Gasteiger charge is 2.07. The molecule has 6 heteroatoms. The van der Waals surface area contributed by atoms with Crippen molar-refractivity contribution < 1.29 is 19.0 Å². The quantitative estimate of drug-likeness (QED) is 0.859. The first-order valence-electron chi connectivity index (χ1n) is 5.95. The van der Waals surface area contributed by atoms with Crippen LogP contribution in [0.15, 0.2) is 30.3 Å². The molecule has 0 bridgehead atoms. The summed E-state index contributed by atoms with van der Waals surface area (Å²) in [5.41, 5.74) is 0.696. The van der Waals surface area contributed by atoms with Gasteiger partial charge < -0.3 is 15.2 Å². The maximum atomic E-state index is 13.1. The monoisotopic (exact) mass is 295 g/mol. The van der Waals surface area contributed by atoms with E-state index in [-0.39, 0.29) is 12.2 Å². The predicted molar refractivity (Wildman–Crippen MR) is 75.9 cm³/mol. The van der Waals surface area contributed by atoms with Crippen molar-refractivity contribution in [3.63, 3.8) is 0 Å². The van der Waals surface area contributed by atoms with Crippen LogP contribution >= 0.6 is 11.3 Å². The van der Waals surface area contributed by atoms with E-state index in [1.54, 1.807) is 12.1 Å². The summed E-state index contributed by atoms with van der Waals surface area (Å²) in [7, 11) is 1.48. The highest BCUT2D eigenvalue weighted by molar-refractivity contribution is 7.12. The van der Waals surface area contributed by atoms with Gasteiger partial charge in [-0.1, -0.05) is 0 Å². The van der Waals surface area contributed by atoms with Gasteiger partial charge in [-0.25, -0.2) is 4.39 Å². The second kappa shape index (κ2) is 6.38. The summed E-state index contributed by atoms with van der Waals surface area (Å²) >= 11 is 1.44. The lowest BCUT2D eigenvalue weighted by Gasteiger charge is -2.10. The maximum Gasteiger partial charge on any atom is 0.308 e. The zero-order chi connectivity index (χ0) is 14.5. The number of ether oxygens (including phenoxy) is 1. The number of anilines is 1. The molecular weight excluding hydrogens is 281 g/mol. The SMILES string of the molecule is COc1cc(F)ccc1NCc1ccc(CC(=O)O)s1. The van der Waals surface area contributed by atoms with Gasteiger partial charge in [0.05, 0.1) is 19.2 Å². The zero-order valence-corrected chi connectivity index (χ0v) is 11.7. The van der Waals surface area contributed by atoms with Crippen LogP contribution in [0, 0.1) is 5.82 Å². The topological polar surface area (TPSA) is 58.6 Å². The van der Waals surface area contributed by atoms with E-state index < -0.39 is 5.97 Å². The molecule has 20 heavy (non-hydrogen) atoms. The summed E-state index contributed by atoms with van der Waals surface area (Å²) in [5, 5.41) is 11.9. The van der Waals surface area contributed by atoms with E-state index in [1.165, 1.54) is 30.6 Å². The lowest BCUT2D eigenvalue weighted by Crippen LogP contribution is -2.00. The number of thiophene rings is 1. The van der Waals surface area contributed by atoms with Crippen LogP contribution in [0.5, 0.6) is 5.75 Å². The molecule has 0 unspecified atom stereocenters. The molecule has 106 valence electrons. The molecule has 0 saturated heterocycles. The first-order valence-corrected chi connectivity index (χ1v) is 6.77. The fourth-order valence-corrected chi connectivity index (χ4v) is 2.70. The fraction of sp³-hybridized carbons (Fsp3) is 0.214. The molecular formula is C14H14FNO3S. The number of halogens is 1. The largest absolute Gasteiger partial charge is 0.494 e. The summed E-state index contributed by atoms with van der Waals surface area (Å²) in [4.78, 5) is 12.4. The van der Waals surface area contributed by atoms with Gasteiger partial charge in [0.2, 0.25) is 0 Å². The number of carboxylic acids is 1. The van der Waals surface area contributed by atoms with Crippen LogP contribution in [-0.2, 0) is 17.8 Å². The fourth-order valence-electron chi connectivity index (χ4n) is 1.75. The van der Waals surface area contributed by atoms with Crippen molar-refractivity contribution in [3.8, 4) is 5.75 Å². The maximum absolute atomic E-state index is 13.1. The number of carbonyl (C=O) groups is 1. The van der Waals surface area contributed by atoms with Crippen LogP contribution in [0.3, 0.4) is 0 Å². The molecule has 4 nitrogen and oxygen atoms in total. The van der Waals surface area contributed by atoms with Crippen molar-refractivity contribution in [3.05, 3.63) is 45.9 Å². The van der Waals surface area contributed by atoms with Gasteiger partial charge >= 0.3 is 5.97 Å². The number of hydrogen-bond donors (Lipinski definition) is 2. The van der Waals surface area contributed by atoms with Gasteiger partial charge in [0.1, 0.15) is 11.6 Å². The molecule has 0 atom stereocenters. The van der Waals surface area contributed by atoms with Crippen LogP contribution < -0.4 is 10.1 Å². The molecule has 0 fully saturated rings. The van der Waals surface area contributed by atoms with Crippen molar-refractivity contribution in [1.29, 1.82) is 0 Å². The Bertz CT molecular complexity index is 612. The first kappa shape index (κ1) is 14.3. The number of methoxy groups -OCH3 is 1. The minimum atomic E-state index is -0.841. The molecule has 1 aromatic carbocycles. The zero-order valence-electron chi connectivity index (χ0n) is 10.9. The standard InChI is InChI=1S/C14H14FNO3S/c1-19-13-6-9(15)2-5-12(13)16-8-11-4-3-10(20-11)7-14(17)18/h2-6,16H,7-8H2,1H3,(H,17,18). The normalized spacial score (nSPS) is 10.3. The molecule has 0 aliphatic rings. The Morgan fingerprint density at radius 1 is 1.35 bits per heavy atom. The van der Waals surface area contributed by atoms with E-state index in [4.69, 9.17) is 9.84 Å². The van der Waals surface area contributed by atoms with Crippen LogP contribution in [0.4, 0.5) is 10.1 Å². The van der Waals surface area contributed by atoms with Crippen LogP contribution in [0.25, 0.3) is 0 Å². The van der Waals surface area contributed by atoms with Gasteiger partial charge in [0.25, 0.3) is 0 Å². The highest BCUT2D eigenvalue weighted by Crippen LogP contribution is 2.26. The average molecular weight is 295 g/mol. The van der Waals surface area contributed by atoms with Gasteiger partial charge in [0.15, 0.2) is 0 Å².